The van der Waals surface area contributed by atoms with E-state index in [1.165, 1.54) is 12.1 Å². The van der Waals surface area contributed by atoms with Gasteiger partial charge < -0.3 is 15.3 Å². The van der Waals surface area contributed by atoms with Gasteiger partial charge in [-0.1, -0.05) is 18.2 Å². The van der Waals surface area contributed by atoms with E-state index in [0.717, 1.165) is 32.9 Å². The summed E-state index contributed by atoms with van der Waals surface area (Å²) in [6.07, 6.45) is 3.79. The molecule has 0 amide bonds. The topological polar surface area (TPSA) is 85.4 Å². The molecule has 0 unspecified atom stereocenters. The van der Waals surface area contributed by atoms with Crippen LogP contribution in [-0.4, -0.2) is 24.7 Å². The lowest BCUT2D eigenvalue weighted by Crippen LogP contribution is -2.02. The molecule has 0 bridgehead atoms. The lowest BCUT2D eigenvalue weighted by Gasteiger charge is -2.06. The number of rotatable bonds is 2. The molecule has 0 atom stereocenters. The zero-order valence-corrected chi connectivity index (χ0v) is 14.4. The van der Waals surface area contributed by atoms with Gasteiger partial charge in [-0.15, -0.1) is 10.2 Å². The van der Waals surface area contributed by atoms with Crippen molar-refractivity contribution in [3.05, 3.63) is 60.7 Å². The van der Waals surface area contributed by atoms with E-state index in [1.807, 2.05) is 42.1 Å². The number of nitrogens with two attached hydrogens (primary N) is 1. The molecule has 3 heterocycles. The Bertz CT molecular complexity index is 1320. The number of halogens is 1. The standard InChI is InChI=1S/C20H15FN6/c1-27-10-15(12-4-2-3-5-17(12)27)19-18(24-20(22)26-25-19)14-9-23-16-7-6-11(21)8-13(14)16/h2-10,23H,1H3,(H2,22,24,26). The summed E-state index contributed by atoms with van der Waals surface area (Å²) in [7, 11) is 1.98. The summed E-state index contributed by atoms with van der Waals surface area (Å²) in [6, 6.07) is 12.6. The van der Waals surface area contributed by atoms with Crippen LogP contribution in [0.3, 0.4) is 0 Å². The SMILES string of the molecule is Cn1cc(-c2nnc(N)nc2-c2c[nH]c3ccc(F)cc23)c2ccccc21. The Morgan fingerprint density at radius 1 is 1.00 bits per heavy atom. The monoisotopic (exact) mass is 358 g/mol. The highest BCUT2D eigenvalue weighted by atomic mass is 19.1. The van der Waals surface area contributed by atoms with Gasteiger partial charge in [0.15, 0.2) is 0 Å². The van der Waals surface area contributed by atoms with Crippen molar-refractivity contribution < 1.29 is 4.39 Å². The van der Waals surface area contributed by atoms with Gasteiger partial charge in [-0.05, 0) is 24.3 Å². The van der Waals surface area contributed by atoms with Gasteiger partial charge in [0.2, 0.25) is 5.95 Å². The third-order valence-electron chi connectivity index (χ3n) is 4.75. The molecule has 5 rings (SSSR count). The Morgan fingerprint density at radius 3 is 2.74 bits per heavy atom. The fraction of sp³-hybridized carbons (Fsp3) is 0.0500. The summed E-state index contributed by atoms with van der Waals surface area (Å²) < 4.78 is 15.9. The number of fused-ring (bicyclic) bond motifs is 2. The average molecular weight is 358 g/mol. The number of para-hydroxylation sites is 1. The van der Waals surface area contributed by atoms with Gasteiger partial charge in [0.05, 0.1) is 0 Å². The molecule has 0 radical (unpaired) electrons. The van der Waals surface area contributed by atoms with Crippen molar-refractivity contribution in [2.45, 2.75) is 0 Å². The Balaban J connectivity index is 1.84. The minimum Gasteiger partial charge on any atom is -0.366 e. The fourth-order valence-electron chi connectivity index (χ4n) is 3.53. The van der Waals surface area contributed by atoms with Gasteiger partial charge in [-0.2, -0.15) is 0 Å². The van der Waals surface area contributed by atoms with Crippen LogP contribution in [0.15, 0.2) is 54.9 Å². The summed E-state index contributed by atoms with van der Waals surface area (Å²) >= 11 is 0. The number of hydrogen-bond donors (Lipinski definition) is 2. The zero-order chi connectivity index (χ0) is 18.5. The molecule has 0 saturated heterocycles. The first kappa shape index (κ1) is 15.5. The van der Waals surface area contributed by atoms with E-state index in [0.29, 0.717) is 11.4 Å². The lowest BCUT2D eigenvalue weighted by molar-refractivity contribution is 0.630. The van der Waals surface area contributed by atoms with Crippen molar-refractivity contribution >= 4 is 27.8 Å². The van der Waals surface area contributed by atoms with E-state index in [4.69, 9.17) is 5.73 Å². The summed E-state index contributed by atoms with van der Waals surface area (Å²) in [5.74, 6) is -0.246. The number of H-pyrrole nitrogens is 1. The van der Waals surface area contributed by atoms with Gasteiger partial charge in [-0.3, -0.25) is 0 Å². The second-order valence-corrected chi connectivity index (χ2v) is 6.43. The third-order valence-corrected chi connectivity index (χ3v) is 4.75. The Hall–Kier alpha value is -3.74. The first-order chi connectivity index (χ1) is 13.1. The van der Waals surface area contributed by atoms with Crippen LogP contribution < -0.4 is 5.73 Å². The van der Waals surface area contributed by atoms with Crippen LogP contribution in [-0.2, 0) is 7.05 Å². The molecule has 0 saturated carbocycles. The molecule has 3 aromatic heterocycles. The van der Waals surface area contributed by atoms with Crippen molar-refractivity contribution in [1.29, 1.82) is 0 Å². The normalized spacial score (nSPS) is 11.5. The molecular weight excluding hydrogens is 343 g/mol. The Kier molecular flexibility index (Phi) is 3.24. The molecule has 0 fully saturated rings. The van der Waals surface area contributed by atoms with Crippen LogP contribution in [0, 0.1) is 5.82 Å². The van der Waals surface area contributed by atoms with Crippen molar-refractivity contribution in [2.24, 2.45) is 7.05 Å². The smallest absolute Gasteiger partial charge is 0.240 e. The molecular formula is C20H15FN6. The highest BCUT2D eigenvalue weighted by molar-refractivity contribution is 6.02. The number of aryl methyl sites for hydroxylation is 1. The van der Waals surface area contributed by atoms with E-state index in [-0.39, 0.29) is 11.8 Å². The molecule has 7 heteroatoms. The molecule has 6 nitrogen and oxygen atoms in total. The van der Waals surface area contributed by atoms with Gasteiger partial charge >= 0.3 is 0 Å². The maximum Gasteiger partial charge on any atom is 0.240 e. The van der Waals surface area contributed by atoms with Crippen LogP contribution in [0.2, 0.25) is 0 Å². The lowest BCUT2D eigenvalue weighted by atomic mass is 10.0. The number of anilines is 1. The molecule has 0 aliphatic carbocycles. The maximum atomic E-state index is 13.8. The molecule has 0 aliphatic rings. The van der Waals surface area contributed by atoms with Crippen LogP contribution in [0.4, 0.5) is 10.3 Å². The van der Waals surface area contributed by atoms with Crippen LogP contribution in [0.25, 0.3) is 44.3 Å². The van der Waals surface area contributed by atoms with E-state index in [1.54, 1.807) is 12.3 Å². The molecule has 27 heavy (non-hydrogen) atoms. The van der Waals surface area contributed by atoms with Crippen molar-refractivity contribution in [3.8, 4) is 22.5 Å². The first-order valence-corrected chi connectivity index (χ1v) is 8.43. The number of nitrogen functional groups attached to an aromatic ring is 1. The van der Waals surface area contributed by atoms with Crippen molar-refractivity contribution in [3.63, 3.8) is 0 Å². The predicted molar refractivity (Wildman–Crippen MR) is 103 cm³/mol. The quantitative estimate of drug-likeness (QED) is 0.501. The summed E-state index contributed by atoms with van der Waals surface area (Å²) in [5, 5.41) is 10.1. The molecule has 5 aromatic rings. The van der Waals surface area contributed by atoms with Gasteiger partial charge in [0.25, 0.3) is 0 Å². The Labute approximate surface area is 153 Å². The Morgan fingerprint density at radius 2 is 1.85 bits per heavy atom. The molecule has 3 N–H and O–H groups in total. The minimum atomic E-state index is -0.315. The second kappa shape index (κ2) is 5.63. The van der Waals surface area contributed by atoms with Gasteiger partial charge in [0.1, 0.15) is 17.2 Å². The number of nitrogens with one attached hydrogen (secondary N) is 1. The van der Waals surface area contributed by atoms with Crippen LogP contribution >= 0.6 is 0 Å². The summed E-state index contributed by atoms with van der Waals surface area (Å²) in [5.41, 5.74) is 10.5. The van der Waals surface area contributed by atoms with Crippen LogP contribution in [0.5, 0.6) is 0 Å². The number of benzene rings is 2. The van der Waals surface area contributed by atoms with E-state index in [2.05, 4.69) is 20.2 Å². The van der Waals surface area contributed by atoms with Crippen LogP contribution in [0.1, 0.15) is 0 Å². The predicted octanol–water partition coefficient (Wildman–Crippen LogP) is 3.90. The second-order valence-electron chi connectivity index (χ2n) is 6.43. The maximum absolute atomic E-state index is 13.8. The van der Waals surface area contributed by atoms with Crippen molar-refractivity contribution in [1.82, 2.24) is 24.7 Å². The largest absolute Gasteiger partial charge is 0.366 e. The number of nitrogens with zero attached hydrogens (tertiary/aromatic N) is 4. The van der Waals surface area contributed by atoms with E-state index in [9.17, 15) is 4.39 Å². The van der Waals surface area contributed by atoms with E-state index < -0.39 is 0 Å². The highest BCUT2D eigenvalue weighted by Gasteiger charge is 2.19. The first-order valence-electron chi connectivity index (χ1n) is 8.43. The minimum absolute atomic E-state index is 0.0692. The average Bonchev–Trinajstić information content (AvgIpc) is 3.23. The molecule has 132 valence electrons. The van der Waals surface area contributed by atoms with Gasteiger partial charge in [-0.25, -0.2) is 9.37 Å². The molecule has 0 aliphatic heterocycles. The summed E-state index contributed by atoms with van der Waals surface area (Å²) in [4.78, 5) is 7.59. The molecule has 0 spiro atoms. The highest BCUT2D eigenvalue weighted by Crippen LogP contribution is 2.37. The number of aromatic nitrogens is 5. The van der Waals surface area contributed by atoms with E-state index >= 15 is 0 Å². The fourth-order valence-corrected chi connectivity index (χ4v) is 3.53. The third kappa shape index (κ3) is 2.36. The zero-order valence-electron chi connectivity index (χ0n) is 14.4. The van der Waals surface area contributed by atoms with Gasteiger partial charge in [0, 0.05) is 52.4 Å². The molecule has 2 aromatic carbocycles. The van der Waals surface area contributed by atoms with Crippen molar-refractivity contribution in [2.75, 3.05) is 5.73 Å². The number of aromatic amines is 1. The number of hydrogen-bond acceptors (Lipinski definition) is 4. The summed E-state index contributed by atoms with van der Waals surface area (Å²) in [6.45, 7) is 0.